The lowest BCUT2D eigenvalue weighted by Crippen LogP contribution is -2.22. The summed E-state index contributed by atoms with van der Waals surface area (Å²) in [4.78, 5) is 17.2. The number of fused-ring (bicyclic) bond motifs is 1. The number of benzene rings is 1. The number of nitrogens with zero attached hydrogens (tertiary/aromatic N) is 1. The van der Waals surface area contributed by atoms with E-state index in [9.17, 15) is 4.79 Å². The maximum absolute atomic E-state index is 12.1. The van der Waals surface area contributed by atoms with Crippen molar-refractivity contribution < 1.29 is 9.21 Å². The maximum Gasteiger partial charge on any atom is 0.287 e. The van der Waals surface area contributed by atoms with Crippen LogP contribution in [-0.4, -0.2) is 10.9 Å². The first-order chi connectivity index (χ1) is 9.63. The molecule has 0 aliphatic heterocycles. The number of rotatable bonds is 3. The summed E-state index contributed by atoms with van der Waals surface area (Å²) < 4.78 is 5.51. The Morgan fingerprint density at radius 3 is 3.05 bits per heavy atom. The fourth-order valence-corrected chi connectivity index (χ4v) is 2.63. The number of carbonyl (C=O) groups is 1. The average Bonchev–Trinajstić information content (AvgIpc) is 3.01. The summed E-state index contributed by atoms with van der Waals surface area (Å²) in [5.41, 5.74) is 9.70. The highest BCUT2D eigenvalue weighted by atomic mass is 32.1. The van der Waals surface area contributed by atoms with Crippen molar-refractivity contribution in [2.75, 3.05) is 5.73 Å². The van der Waals surface area contributed by atoms with Gasteiger partial charge in [0.05, 0.1) is 17.7 Å². The molecule has 102 valence electrons. The van der Waals surface area contributed by atoms with E-state index in [1.54, 1.807) is 29.8 Å². The Morgan fingerprint density at radius 2 is 2.30 bits per heavy atom. The smallest absolute Gasteiger partial charge is 0.287 e. The molecule has 2 heterocycles. The highest BCUT2D eigenvalue weighted by molar-refractivity contribution is 7.09. The lowest BCUT2D eigenvalue weighted by atomic mass is 10.2. The Hall–Kier alpha value is -2.34. The van der Waals surface area contributed by atoms with Crippen LogP contribution < -0.4 is 11.1 Å². The Labute approximate surface area is 119 Å². The van der Waals surface area contributed by atoms with Gasteiger partial charge in [0.2, 0.25) is 0 Å². The van der Waals surface area contributed by atoms with Crippen LogP contribution in [0.1, 0.15) is 21.1 Å². The first kappa shape index (κ1) is 12.7. The molecular formula is C14H13N3O2S. The number of nitrogens with two attached hydrogens (primary N) is 1. The van der Waals surface area contributed by atoms with Crippen molar-refractivity contribution in [3.8, 4) is 0 Å². The number of aromatic nitrogens is 1. The van der Waals surface area contributed by atoms with E-state index in [4.69, 9.17) is 10.2 Å². The second-order valence-electron chi connectivity index (χ2n) is 4.45. The van der Waals surface area contributed by atoms with Crippen LogP contribution in [0.3, 0.4) is 0 Å². The lowest BCUT2D eigenvalue weighted by molar-refractivity contribution is 0.0925. The minimum atomic E-state index is -0.243. The molecule has 0 aliphatic rings. The Kier molecular flexibility index (Phi) is 3.15. The van der Waals surface area contributed by atoms with Crippen LogP contribution in [0, 0.1) is 6.92 Å². The summed E-state index contributed by atoms with van der Waals surface area (Å²) in [5.74, 6) is 0.0420. The van der Waals surface area contributed by atoms with Gasteiger partial charge in [-0.3, -0.25) is 4.79 Å². The molecule has 3 aromatic rings. The normalized spacial score (nSPS) is 10.8. The molecule has 0 unspecified atom stereocenters. The van der Waals surface area contributed by atoms with E-state index in [1.807, 2.05) is 6.92 Å². The van der Waals surface area contributed by atoms with E-state index < -0.39 is 0 Å². The van der Waals surface area contributed by atoms with Crippen LogP contribution in [0.5, 0.6) is 0 Å². The third-order valence-electron chi connectivity index (χ3n) is 3.02. The minimum Gasteiger partial charge on any atom is -0.451 e. The fourth-order valence-electron chi connectivity index (χ4n) is 1.92. The molecular weight excluding hydrogens is 274 g/mol. The van der Waals surface area contributed by atoms with Gasteiger partial charge in [-0.15, -0.1) is 11.3 Å². The predicted molar refractivity (Wildman–Crippen MR) is 78.6 cm³/mol. The second-order valence-corrected chi connectivity index (χ2v) is 5.39. The summed E-state index contributed by atoms with van der Waals surface area (Å²) in [6.45, 7) is 2.37. The quantitative estimate of drug-likeness (QED) is 0.726. The van der Waals surface area contributed by atoms with Crippen molar-refractivity contribution in [3.63, 3.8) is 0 Å². The van der Waals surface area contributed by atoms with Crippen LogP contribution in [0.25, 0.3) is 11.0 Å². The Morgan fingerprint density at radius 1 is 1.45 bits per heavy atom. The van der Waals surface area contributed by atoms with Crippen LogP contribution in [0.4, 0.5) is 5.69 Å². The molecule has 0 spiro atoms. The number of hydrogen-bond donors (Lipinski definition) is 2. The number of nitrogens with one attached hydrogen (secondary N) is 1. The molecule has 20 heavy (non-hydrogen) atoms. The first-order valence-corrected chi connectivity index (χ1v) is 6.97. The number of aryl methyl sites for hydroxylation is 1. The number of hydrogen-bond acceptors (Lipinski definition) is 5. The van der Waals surface area contributed by atoms with E-state index in [2.05, 4.69) is 10.3 Å². The minimum absolute atomic E-state index is 0.243. The maximum atomic E-state index is 12.1. The van der Waals surface area contributed by atoms with E-state index in [0.29, 0.717) is 17.8 Å². The lowest BCUT2D eigenvalue weighted by Gasteiger charge is -2.01. The van der Waals surface area contributed by atoms with Gasteiger partial charge in [0.25, 0.3) is 5.91 Å². The van der Waals surface area contributed by atoms with Gasteiger partial charge in [0.15, 0.2) is 5.76 Å². The Bertz CT molecular complexity index is 776. The van der Waals surface area contributed by atoms with Crippen molar-refractivity contribution in [3.05, 3.63) is 46.1 Å². The van der Waals surface area contributed by atoms with Crippen LogP contribution in [-0.2, 0) is 6.54 Å². The summed E-state index contributed by atoms with van der Waals surface area (Å²) in [6.07, 6.45) is 0. The molecule has 3 N–H and O–H groups in total. The number of furan rings is 1. The molecule has 1 aromatic carbocycles. The van der Waals surface area contributed by atoms with E-state index >= 15 is 0 Å². The van der Waals surface area contributed by atoms with Crippen molar-refractivity contribution in [2.45, 2.75) is 13.5 Å². The molecule has 1 amide bonds. The van der Waals surface area contributed by atoms with Crippen LogP contribution in [0.15, 0.2) is 34.2 Å². The van der Waals surface area contributed by atoms with E-state index in [0.717, 1.165) is 16.0 Å². The SMILES string of the molecule is Cc1ncsc1CNC(=O)c1cc2cc(N)ccc2o1. The summed E-state index contributed by atoms with van der Waals surface area (Å²) in [7, 11) is 0. The summed E-state index contributed by atoms with van der Waals surface area (Å²) >= 11 is 1.52. The van der Waals surface area contributed by atoms with E-state index in [-0.39, 0.29) is 11.7 Å². The highest BCUT2D eigenvalue weighted by Gasteiger charge is 2.13. The van der Waals surface area contributed by atoms with Crippen LogP contribution in [0.2, 0.25) is 0 Å². The van der Waals surface area contributed by atoms with Crippen LogP contribution >= 0.6 is 11.3 Å². The average molecular weight is 287 g/mol. The first-order valence-electron chi connectivity index (χ1n) is 6.10. The standard InChI is InChI=1S/C14H13N3O2S/c1-8-13(20-7-17-8)6-16-14(18)12-5-9-4-10(15)2-3-11(9)19-12/h2-5,7H,6,15H2,1H3,(H,16,18). The topological polar surface area (TPSA) is 81.2 Å². The third-order valence-corrected chi connectivity index (χ3v) is 3.95. The molecule has 0 radical (unpaired) electrons. The molecule has 0 fully saturated rings. The van der Waals surface area contributed by atoms with Crippen molar-refractivity contribution in [1.29, 1.82) is 0 Å². The zero-order valence-corrected chi connectivity index (χ0v) is 11.7. The number of anilines is 1. The Balaban J connectivity index is 1.77. The van der Waals surface area contributed by atoms with Gasteiger partial charge < -0.3 is 15.5 Å². The predicted octanol–water partition coefficient (Wildman–Crippen LogP) is 2.71. The van der Waals surface area contributed by atoms with Gasteiger partial charge >= 0.3 is 0 Å². The van der Waals surface area contributed by atoms with Gasteiger partial charge in [-0.25, -0.2) is 4.98 Å². The molecule has 0 saturated carbocycles. The summed E-state index contributed by atoms with van der Waals surface area (Å²) in [5, 5.41) is 3.65. The molecule has 2 aromatic heterocycles. The second kappa shape index (κ2) is 4.97. The van der Waals surface area contributed by atoms with Crippen molar-refractivity contribution in [2.24, 2.45) is 0 Å². The molecule has 0 saturated heterocycles. The monoisotopic (exact) mass is 287 g/mol. The fraction of sp³-hybridized carbons (Fsp3) is 0.143. The number of nitrogen functional groups attached to an aromatic ring is 1. The summed E-state index contributed by atoms with van der Waals surface area (Å²) in [6, 6.07) is 6.98. The number of carbonyl (C=O) groups excluding carboxylic acids is 1. The molecule has 0 atom stereocenters. The molecule has 5 nitrogen and oxygen atoms in total. The molecule has 0 aliphatic carbocycles. The zero-order valence-electron chi connectivity index (χ0n) is 10.8. The van der Waals surface area contributed by atoms with Gasteiger partial charge in [-0.2, -0.15) is 0 Å². The molecule has 3 rings (SSSR count). The third kappa shape index (κ3) is 2.37. The molecule has 6 heteroatoms. The van der Waals surface area contributed by atoms with Crippen molar-refractivity contribution >= 4 is 33.9 Å². The van der Waals surface area contributed by atoms with Gasteiger partial charge in [-0.1, -0.05) is 0 Å². The van der Waals surface area contributed by atoms with E-state index in [1.165, 1.54) is 11.3 Å². The largest absolute Gasteiger partial charge is 0.451 e. The number of thiazole rings is 1. The van der Waals surface area contributed by atoms with Gasteiger partial charge in [-0.05, 0) is 31.2 Å². The number of amides is 1. The van der Waals surface area contributed by atoms with Gasteiger partial charge in [0.1, 0.15) is 5.58 Å². The van der Waals surface area contributed by atoms with Crippen molar-refractivity contribution in [1.82, 2.24) is 10.3 Å². The molecule has 0 bridgehead atoms. The van der Waals surface area contributed by atoms with Gasteiger partial charge in [0, 0.05) is 16.0 Å². The zero-order chi connectivity index (χ0) is 14.1. The highest BCUT2D eigenvalue weighted by Crippen LogP contribution is 2.22.